The Hall–Kier alpha value is -2.42. The Bertz CT molecular complexity index is 983. The number of piperazine rings is 1. The second kappa shape index (κ2) is 8.94. The summed E-state index contributed by atoms with van der Waals surface area (Å²) in [6, 6.07) is 12.7. The van der Waals surface area contributed by atoms with E-state index in [2.05, 4.69) is 5.32 Å². The Morgan fingerprint density at radius 1 is 1.07 bits per heavy atom. The number of methoxy groups -OCH3 is 1. The molecule has 1 amide bonds. The molecular formula is C21H27N3O4S. The molecule has 1 fully saturated rings. The lowest BCUT2D eigenvalue weighted by atomic mass is 10.2. The van der Waals surface area contributed by atoms with Gasteiger partial charge >= 0.3 is 0 Å². The Kier molecular flexibility index (Phi) is 6.56. The summed E-state index contributed by atoms with van der Waals surface area (Å²) in [6.45, 7) is 5.62. The summed E-state index contributed by atoms with van der Waals surface area (Å²) >= 11 is 0. The van der Waals surface area contributed by atoms with Gasteiger partial charge in [-0.3, -0.25) is 9.69 Å². The van der Waals surface area contributed by atoms with E-state index in [1.807, 2.05) is 43.0 Å². The molecule has 1 N–H and O–H groups in total. The van der Waals surface area contributed by atoms with Crippen molar-refractivity contribution in [3.8, 4) is 5.75 Å². The lowest BCUT2D eigenvalue weighted by molar-refractivity contribution is -0.117. The Morgan fingerprint density at radius 3 is 2.45 bits per heavy atom. The van der Waals surface area contributed by atoms with Crippen LogP contribution in [-0.4, -0.2) is 63.4 Å². The number of nitrogens with one attached hydrogen (secondary N) is 1. The van der Waals surface area contributed by atoms with Gasteiger partial charge in [-0.15, -0.1) is 0 Å². The zero-order valence-corrected chi connectivity index (χ0v) is 17.8. The largest absolute Gasteiger partial charge is 0.495 e. The van der Waals surface area contributed by atoms with Crippen molar-refractivity contribution in [3.63, 3.8) is 0 Å². The highest BCUT2D eigenvalue weighted by Crippen LogP contribution is 2.24. The Morgan fingerprint density at radius 2 is 1.76 bits per heavy atom. The van der Waals surface area contributed by atoms with Crippen LogP contribution in [0.4, 0.5) is 5.69 Å². The molecule has 2 aromatic rings. The van der Waals surface area contributed by atoms with Gasteiger partial charge in [0, 0.05) is 26.2 Å². The number of carbonyl (C=O) groups is 1. The predicted octanol–water partition coefficient (Wildman–Crippen LogP) is 2.26. The van der Waals surface area contributed by atoms with Gasteiger partial charge in [0.1, 0.15) is 5.75 Å². The van der Waals surface area contributed by atoms with Crippen LogP contribution < -0.4 is 10.1 Å². The molecule has 1 saturated heterocycles. The number of hydrogen-bond acceptors (Lipinski definition) is 5. The van der Waals surface area contributed by atoms with Crippen molar-refractivity contribution >= 4 is 21.6 Å². The second-order valence-electron chi connectivity index (χ2n) is 7.20. The maximum atomic E-state index is 13.0. The molecule has 0 bridgehead atoms. The maximum absolute atomic E-state index is 13.0. The summed E-state index contributed by atoms with van der Waals surface area (Å²) in [7, 11) is -1.98. The first-order chi connectivity index (χ1) is 13.8. The van der Waals surface area contributed by atoms with Crippen LogP contribution in [0, 0.1) is 13.8 Å². The molecule has 0 saturated carbocycles. The summed E-state index contributed by atoms with van der Waals surface area (Å²) < 4.78 is 32.8. The van der Waals surface area contributed by atoms with Crippen molar-refractivity contribution in [2.24, 2.45) is 0 Å². The number of carbonyl (C=O) groups excluding carboxylic acids is 1. The molecule has 1 aliphatic rings. The van der Waals surface area contributed by atoms with Crippen molar-refractivity contribution in [1.29, 1.82) is 0 Å². The molecule has 7 nitrogen and oxygen atoms in total. The van der Waals surface area contributed by atoms with Gasteiger partial charge < -0.3 is 10.1 Å². The van der Waals surface area contributed by atoms with Gasteiger partial charge in [-0.05, 0) is 43.2 Å². The number of rotatable bonds is 6. The molecule has 0 unspecified atom stereocenters. The molecule has 0 aliphatic carbocycles. The van der Waals surface area contributed by atoms with E-state index in [0.29, 0.717) is 42.5 Å². The summed E-state index contributed by atoms with van der Waals surface area (Å²) in [5.74, 6) is 0.450. The molecule has 1 aliphatic heterocycles. The number of sulfonamides is 1. The van der Waals surface area contributed by atoms with Crippen molar-refractivity contribution in [3.05, 3.63) is 53.6 Å². The smallest absolute Gasteiger partial charge is 0.243 e. The van der Waals surface area contributed by atoms with Crippen LogP contribution in [0.2, 0.25) is 0 Å². The third kappa shape index (κ3) is 4.95. The van der Waals surface area contributed by atoms with Gasteiger partial charge in [0.15, 0.2) is 0 Å². The first kappa shape index (κ1) is 21.3. The zero-order chi connectivity index (χ0) is 21.0. The highest BCUT2D eigenvalue weighted by molar-refractivity contribution is 7.89. The maximum Gasteiger partial charge on any atom is 0.243 e. The number of para-hydroxylation sites is 2. The first-order valence-electron chi connectivity index (χ1n) is 9.54. The minimum absolute atomic E-state index is 0.152. The lowest BCUT2D eigenvalue weighted by Gasteiger charge is -2.33. The lowest BCUT2D eigenvalue weighted by Crippen LogP contribution is -2.50. The predicted molar refractivity (Wildman–Crippen MR) is 113 cm³/mol. The molecule has 2 aromatic carbocycles. The third-order valence-electron chi connectivity index (χ3n) is 5.04. The number of ether oxygens (including phenoxy) is 1. The number of anilines is 1. The van der Waals surface area contributed by atoms with Crippen LogP contribution >= 0.6 is 0 Å². The van der Waals surface area contributed by atoms with E-state index in [4.69, 9.17) is 4.74 Å². The molecule has 3 rings (SSSR count). The fourth-order valence-corrected chi connectivity index (χ4v) is 5.12. The van der Waals surface area contributed by atoms with Gasteiger partial charge in [0.2, 0.25) is 15.9 Å². The second-order valence-corrected chi connectivity index (χ2v) is 9.10. The third-order valence-corrected chi connectivity index (χ3v) is 7.08. The topological polar surface area (TPSA) is 79.0 Å². The summed E-state index contributed by atoms with van der Waals surface area (Å²) in [4.78, 5) is 14.7. The monoisotopic (exact) mass is 417 g/mol. The quantitative estimate of drug-likeness (QED) is 0.780. The van der Waals surface area contributed by atoms with Crippen molar-refractivity contribution in [1.82, 2.24) is 9.21 Å². The van der Waals surface area contributed by atoms with Gasteiger partial charge in [-0.2, -0.15) is 4.31 Å². The summed E-state index contributed by atoms with van der Waals surface area (Å²) in [5, 5.41) is 2.85. The molecule has 0 aromatic heterocycles. The minimum Gasteiger partial charge on any atom is -0.495 e. The summed E-state index contributed by atoms with van der Waals surface area (Å²) in [5.41, 5.74) is 2.28. The number of hydrogen-bond donors (Lipinski definition) is 1. The average Bonchev–Trinajstić information content (AvgIpc) is 2.70. The van der Waals surface area contributed by atoms with Gasteiger partial charge in [0.25, 0.3) is 0 Å². The minimum atomic E-state index is -3.54. The van der Waals surface area contributed by atoms with E-state index >= 15 is 0 Å². The molecule has 156 valence electrons. The number of amides is 1. The molecule has 0 radical (unpaired) electrons. The SMILES string of the molecule is COc1ccccc1NC(=O)CN1CCN(S(=O)(=O)c2cc(C)ccc2C)CC1. The molecule has 1 heterocycles. The molecular weight excluding hydrogens is 390 g/mol. The Balaban J connectivity index is 1.59. The fraction of sp³-hybridized carbons (Fsp3) is 0.381. The van der Waals surface area contributed by atoms with Crippen LogP contribution in [0.25, 0.3) is 0 Å². The Labute approximate surface area is 172 Å². The number of benzene rings is 2. The highest BCUT2D eigenvalue weighted by Gasteiger charge is 2.30. The van der Waals surface area contributed by atoms with E-state index in [1.54, 1.807) is 25.3 Å². The molecule has 29 heavy (non-hydrogen) atoms. The van der Waals surface area contributed by atoms with E-state index in [-0.39, 0.29) is 12.5 Å². The van der Waals surface area contributed by atoms with Crippen LogP contribution in [0.15, 0.2) is 47.4 Å². The number of aryl methyl sites for hydroxylation is 2. The van der Waals surface area contributed by atoms with E-state index in [1.165, 1.54) is 4.31 Å². The highest BCUT2D eigenvalue weighted by atomic mass is 32.2. The van der Waals surface area contributed by atoms with Crippen LogP contribution in [-0.2, 0) is 14.8 Å². The molecule has 8 heteroatoms. The van der Waals surface area contributed by atoms with Crippen LogP contribution in [0.1, 0.15) is 11.1 Å². The van der Waals surface area contributed by atoms with Gasteiger partial charge in [-0.25, -0.2) is 8.42 Å². The average molecular weight is 418 g/mol. The number of nitrogens with zero attached hydrogens (tertiary/aromatic N) is 2. The van der Waals surface area contributed by atoms with Crippen LogP contribution in [0.5, 0.6) is 5.75 Å². The standard InChI is InChI=1S/C21H27N3O4S/c1-16-8-9-17(2)20(14-16)29(26,27)24-12-10-23(11-13-24)15-21(25)22-18-6-4-5-7-19(18)28-3/h4-9,14H,10-13,15H2,1-3H3,(H,22,25). The zero-order valence-electron chi connectivity index (χ0n) is 17.0. The van der Waals surface area contributed by atoms with E-state index in [0.717, 1.165) is 11.1 Å². The molecule has 0 atom stereocenters. The first-order valence-corrected chi connectivity index (χ1v) is 11.0. The van der Waals surface area contributed by atoms with E-state index < -0.39 is 10.0 Å². The fourth-order valence-electron chi connectivity index (χ4n) is 3.39. The van der Waals surface area contributed by atoms with Crippen molar-refractivity contribution in [2.45, 2.75) is 18.7 Å². The van der Waals surface area contributed by atoms with Crippen molar-refractivity contribution in [2.75, 3.05) is 45.2 Å². The van der Waals surface area contributed by atoms with E-state index in [9.17, 15) is 13.2 Å². The van der Waals surface area contributed by atoms with Gasteiger partial charge in [-0.1, -0.05) is 24.3 Å². The van der Waals surface area contributed by atoms with Gasteiger partial charge in [0.05, 0.1) is 24.2 Å². The van der Waals surface area contributed by atoms with Crippen LogP contribution in [0.3, 0.4) is 0 Å². The molecule has 0 spiro atoms. The normalized spacial score (nSPS) is 15.8. The summed E-state index contributed by atoms with van der Waals surface area (Å²) in [6.07, 6.45) is 0. The van der Waals surface area contributed by atoms with Crippen molar-refractivity contribution < 1.29 is 17.9 Å².